The lowest BCUT2D eigenvalue weighted by Crippen LogP contribution is -2.47. The predicted octanol–water partition coefficient (Wildman–Crippen LogP) is 2.79. The van der Waals surface area contributed by atoms with E-state index in [1.807, 2.05) is 35.8 Å². The van der Waals surface area contributed by atoms with Crippen molar-refractivity contribution < 1.29 is 14.3 Å². The molecule has 2 atom stereocenters. The number of hydrogen-bond donors (Lipinski definition) is 0. The van der Waals surface area contributed by atoms with Crippen molar-refractivity contribution in [2.45, 2.75) is 39.5 Å². The normalized spacial score (nSPS) is 28.1. The van der Waals surface area contributed by atoms with Crippen molar-refractivity contribution >= 4 is 11.8 Å². The fourth-order valence-electron chi connectivity index (χ4n) is 5.37. The van der Waals surface area contributed by atoms with Crippen molar-refractivity contribution in [1.29, 1.82) is 0 Å². The summed E-state index contributed by atoms with van der Waals surface area (Å²) in [5.74, 6) is 0.465. The van der Waals surface area contributed by atoms with Crippen LogP contribution in [0.25, 0.3) is 0 Å². The summed E-state index contributed by atoms with van der Waals surface area (Å²) in [4.78, 5) is 30.2. The van der Waals surface area contributed by atoms with E-state index in [1.165, 1.54) is 0 Å². The molecule has 1 saturated carbocycles. The average molecular weight is 370 g/mol. The van der Waals surface area contributed by atoms with E-state index >= 15 is 0 Å². The Kier molecular flexibility index (Phi) is 4.97. The van der Waals surface area contributed by atoms with Crippen molar-refractivity contribution in [2.24, 2.45) is 11.3 Å². The third-order valence-corrected chi connectivity index (χ3v) is 6.67. The lowest BCUT2D eigenvalue weighted by molar-refractivity contribution is -0.143. The molecule has 2 amide bonds. The zero-order chi connectivity index (χ0) is 19.0. The van der Waals surface area contributed by atoms with E-state index in [0.29, 0.717) is 26.3 Å². The van der Waals surface area contributed by atoms with E-state index in [-0.39, 0.29) is 23.1 Å². The first-order chi connectivity index (χ1) is 13.0. The smallest absolute Gasteiger partial charge is 0.253 e. The third kappa shape index (κ3) is 3.49. The maximum absolute atomic E-state index is 13.2. The molecule has 0 N–H and O–H groups in total. The van der Waals surface area contributed by atoms with Crippen LogP contribution in [-0.4, -0.2) is 61.0 Å². The van der Waals surface area contributed by atoms with Gasteiger partial charge in [0.05, 0.1) is 13.2 Å². The number of ether oxygens (including phenoxy) is 1. The largest absolute Gasteiger partial charge is 0.378 e. The van der Waals surface area contributed by atoms with Gasteiger partial charge in [-0.3, -0.25) is 9.59 Å². The van der Waals surface area contributed by atoms with Gasteiger partial charge >= 0.3 is 0 Å². The molecule has 1 aromatic carbocycles. The highest BCUT2D eigenvalue weighted by molar-refractivity contribution is 5.95. The molecule has 0 aromatic heterocycles. The lowest BCUT2D eigenvalue weighted by atomic mass is 9.76. The van der Waals surface area contributed by atoms with E-state index in [9.17, 15) is 9.59 Å². The second-order valence-electron chi connectivity index (χ2n) is 8.60. The molecule has 27 heavy (non-hydrogen) atoms. The van der Waals surface area contributed by atoms with Crippen LogP contribution in [0.5, 0.6) is 0 Å². The van der Waals surface area contributed by atoms with Crippen LogP contribution < -0.4 is 0 Å². The number of carbonyl (C=O) groups excluding carboxylic acids is 2. The minimum Gasteiger partial charge on any atom is -0.378 e. The molecule has 3 fully saturated rings. The fraction of sp³-hybridized carbons (Fsp3) is 0.636. The average Bonchev–Trinajstić information content (AvgIpc) is 3.28. The summed E-state index contributed by atoms with van der Waals surface area (Å²) in [5.41, 5.74) is 2.99. The number of aryl methyl sites for hydroxylation is 2. The Bertz CT molecular complexity index is 721. The Labute approximate surface area is 161 Å². The molecule has 1 aliphatic carbocycles. The highest BCUT2D eigenvalue weighted by atomic mass is 16.5. The first kappa shape index (κ1) is 18.5. The van der Waals surface area contributed by atoms with Gasteiger partial charge in [0, 0.05) is 43.1 Å². The molecule has 4 rings (SSSR count). The Hall–Kier alpha value is -1.88. The number of amides is 2. The van der Waals surface area contributed by atoms with Crippen molar-refractivity contribution in [3.05, 3.63) is 34.9 Å². The minimum absolute atomic E-state index is 0.0239. The summed E-state index contributed by atoms with van der Waals surface area (Å²) in [6.07, 6.45) is 4.06. The molecule has 5 nitrogen and oxygen atoms in total. The molecule has 2 aliphatic heterocycles. The highest BCUT2D eigenvalue weighted by Crippen LogP contribution is 2.50. The number of nitrogens with zero attached hydrogens (tertiary/aromatic N) is 2. The van der Waals surface area contributed by atoms with Gasteiger partial charge in [-0.25, -0.2) is 0 Å². The van der Waals surface area contributed by atoms with E-state index in [1.54, 1.807) is 0 Å². The Balaban J connectivity index is 1.49. The molecule has 5 heteroatoms. The van der Waals surface area contributed by atoms with Crippen LogP contribution in [0.1, 0.15) is 47.2 Å². The van der Waals surface area contributed by atoms with Gasteiger partial charge < -0.3 is 14.5 Å². The molecule has 0 unspecified atom stereocenters. The van der Waals surface area contributed by atoms with E-state index in [2.05, 4.69) is 6.07 Å². The summed E-state index contributed by atoms with van der Waals surface area (Å²) >= 11 is 0. The maximum Gasteiger partial charge on any atom is 0.253 e. The number of benzene rings is 1. The van der Waals surface area contributed by atoms with Gasteiger partial charge in [-0.2, -0.15) is 0 Å². The highest BCUT2D eigenvalue weighted by Gasteiger charge is 2.52. The summed E-state index contributed by atoms with van der Waals surface area (Å²) in [7, 11) is 0. The Morgan fingerprint density at radius 1 is 1.00 bits per heavy atom. The molecular formula is C22H30N2O3. The first-order valence-corrected chi connectivity index (χ1v) is 10.2. The van der Waals surface area contributed by atoms with Gasteiger partial charge in [-0.1, -0.05) is 23.6 Å². The van der Waals surface area contributed by atoms with Gasteiger partial charge in [0.1, 0.15) is 0 Å². The molecule has 2 saturated heterocycles. The van der Waals surface area contributed by atoms with Gasteiger partial charge in [-0.05, 0) is 45.2 Å². The number of rotatable bonds is 2. The molecule has 146 valence electrons. The minimum atomic E-state index is -0.0239. The molecule has 1 spiro atoms. The van der Waals surface area contributed by atoms with Crippen molar-refractivity contribution in [3.63, 3.8) is 0 Å². The van der Waals surface area contributed by atoms with Crippen LogP contribution in [0, 0.1) is 25.2 Å². The summed E-state index contributed by atoms with van der Waals surface area (Å²) in [6.45, 7) is 8.24. The van der Waals surface area contributed by atoms with Crippen molar-refractivity contribution in [3.8, 4) is 0 Å². The van der Waals surface area contributed by atoms with Gasteiger partial charge in [0.25, 0.3) is 5.91 Å². The number of likely N-dealkylation sites (tertiary alicyclic amines) is 1. The van der Waals surface area contributed by atoms with Crippen LogP contribution in [-0.2, 0) is 9.53 Å². The molecule has 0 radical (unpaired) electrons. The Morgan fingerprint density at radius 3 is 2.41 bits per heavy atom. The van der Waals surface area contributed by atoms with Crippen LogP contribution in [0.2, 0.25) is 0 Å². The van der Waals surface area contributed by atoms with Crippen LogP contribution in [0.15, 0.2) is 18.2 Å². The predicted molar refractivity (Wildman–Crippen MR) is 104 cm³/mol. The SMILES string of the molecule is Cc1cc(C)cc(C(=O)N2CC[C@]3(CCC[C@H]3C(=O)N3CCOCC3)C2)c1. The van der Waals surface area contributed by atoms with Gasteiger partial charge in [0.15, 0.2) is 0 Å². The van der Waals surface area contributed by atoms with E-state index in [4.69, 9.17) is 4.74 Å². The molecule has 0 bridgehead atoms. The number of morpholine rings is 1. The number of carbonyl (C=O) groups is 2. The standard InChI is InChI=1S/C22H30N2O3/c1-16-12-17(2)14-18(13-16)20(25)24-7-6-22(15-24)5-3-4-19(22)21(26)23-8-10-27-11-9-23/h12-14,19H,3-11,15H2,1-2H3/t19-,22+/m0/s1. The van der Waals surface area contributed by atoms with Crippen LogP contribution in [0.3, 0.4) is 0 Å². The molecule has 2 heterocycles. The first-order valence-electron chi connectivity index (χ1n) is 10.2. The summed E-state index contributed by atoms with van der Waals surface area (Å²) < 4.78 is 5.40. The third-order valence-electron chi connectivity index (χ3n) is 6.67. The molecule has 1 aromatic rings. The zero-order valence-corrected chi connectivity index (χ0v) is 16.5. The van der Waals surface area contributed by atoms with E-state index < -0.39 is 0 Å². The summed E-state index contributed by atoms with van der Waals surface area (Å²) in [6, 6.07) is 6.05. The van der Waals surface area contributed by atoms with E-state index in [0.717, 1.165) is 55.5 Å². The lowest BCUT2D eigenvalue weighted by Gasteiger charge is -2.36. The number of hydrogen-bond acceptors (Lipinski definition) is 3. The van der Waals surface area contributed by atoms with Gasteiger partial charge in [0.2, 0.25) is 5.91 Å². The monoisotopic (exact) mass is 370 g/mol. The second-order valence-corrected chi connectivity index (χ2v) is 8.60. The van der Waals surface area contributed by atoms with Crippen molar-refractivity contribution in [1.82, 2.24) is 9.80 Å². The topological polar surface area (TPSA) is 49.9 Å². The maximum atomic E-state index is 13.2. The van der Waals surface area contributed by atoms with Crippen LogP contribution >= 0.6 is 0 Å². The molecule has 3 aliphatic rings. The second kappa shape index (κ2) is 7.27. The van der Waals surface area contributed by atoms with Gasteiger partial charge in [-0.15, -0.1) is 0 Å². The van der Waals surface area contributed by atoms with Crippen LogP contribution in [0.4, 0.5) is 0 Å². The quantitative estimate of drug-likeness (QED) is 0.804. The zero-order valence-electron chi connectivity index (χ0n) is 16.5. The van der Waals surface area contributed by atoms with Crippen molar-refractivity contribution in [2.75, 3.05) is 39.4 Å². The molecular weight excluding hydrogens is 340 g/mol. The fourth-order valence-corrected chi connectivity index (χ4v) is 5.37. The summed E-state index contributed by atoms with van der Waals surface area (Å²) in [5, 5.41) is 0. The Morgan fingerprint density at radius 2 is 1.70 bits per heavy atom.